The Hall–Kier alpha value is -0.971. The molecule has 1 aliphatic heterocycles. The van der Waals surface area contributed by atoms with Gasteiger partial charge in [-0.25, -0.2) is 0 Å². The van der Waals surface area contributed by atoms with Crippen molar-refractivity contribution in [3.05, 3.63) is 69.3 Å². The quantitative estimate of drug-likeness (QED) is 0.520. The first-order valence-electron chi connectivity index (χ1n) is 6.31. The monoisotopic (exact) mass is 441 g/mol. The number of halogens is 1. The summed E-state index contributed by atoms with van der Waals surface area (Å²) in [5.41, 5.74) is 2.33. The normalized spacial score (nSPS) is 18.8. The minimum absolute atomic E-state index is 0.000489. The van der Waals surface area contributed by atoms with Crippen molar-refractivity contribution >= 4 is 48.1 Å². The average molecular weight is 440 g/mol. The number of benzene rings is 2. The molecular weight excluding hydrogens is 428 g/mol. The molecule has 20 heavy (non-hydrogen) atoms. The second kappa shape index (κ2) is 6.20. The SMILES string of the molecule is O=C1C[C@H](c2ccccc2)[Se]C(c2ccc(I)cc2)=N1. The molecule has 2 aromatic carbocycles. The van der Waals surface area contributed by atoms with Crippen LogP contribution in [0.3, 0.4) is 0 Å². The van der Waals surface area contributed by atoms with Crippen molar-refractivity contribution in [3.63, 3.8) is 0 Å². The Balaban J connectivity index is 1.89. The van der Waals surface area contributed by atoms with E-state index >= 15 is 0 Å². The zero-order valence-corrected chi connectivity index (χ0v) is 14.5. The number of hydrogen-bond acceptors (Lipinski definition) is 1. The number of amides is 1. The van der Waals surface area contributed by atoms with Crippen LogP contribution in [0.2, 0.25) is 0 Å². The van der Waals surface area contributed by atoms with E-state index in [9.17, 15) is 4.79 Å². The van der Waals surface area contributed by atoms with Crippen LogP contribution in [0.15, 0.2) is 59.6 Å². The minimum atomic E-state index is 0.000489. The van der Waals surface area contributed by atoms with Gasteiger partial charge in [-0.15, -0.1) is 0 Å². The molecule has 0 fully saturated rings. The zero-order valence-electron chi connectivity index (χ0n) is 10.6. The Kier molecular flexibility index (Phi) is 4.34. The Morgan fingerprint density at radius 3 is 2.45 bits per heavy atom. The van der Waals surface area contributed by atoms with Crippen LogP contribution in [0.1, 0.15) is 22.4 Å². The predicted molar refractivity (Wildman–Crippen MR) is 90.3 cm³/mol. The van der Waals surface area contributed by atoms with Crippen molar-refractivity contribution in [2.24, 2.45) is 4.99 Å². The molecule has 1 heterocycles. The van der Waals surface area contributed by atoms with E-state index in [0.717, 1.165) is 10.2 Å². The maximum absolute atomic E-state index is 11.9. The van der Waals surface area contributed by atoms with E-state index in [2.05, 4.69) is 64.0 Å². The number of hydrogen-bond donors (Lipinski definition) is 0. The van der Waals surface area contributed by atoms with Crippen molar-refractivity contribution in [2.45, 2.75) is 11.2 Å². The van der Waals surface area contributed by atoms with Crippen molar-refractivity contribution < 1.29 is 4.79 Å². The van der Waals surface area contributed by atoms with Crippen LogP contribution in [0.4, 0.5) is 0 Å². The third-order valence-electron chi connectivity index (χ3n) is 3.10. The fourth-order valence-electron chi connectivity index (χ4n) is 2.10. The average Bonchev–Trinajstić information content (AvgIpc) is 2.48. The molecule has 0 saturated carbocycles. The molecule has 4 heteroatoms. The first kappa shape index (κ1) is 14.0. The summed E-state index contributed by atoms with van der Waals surface area (Å²) in [4.78, 5) is 16.5. The molecule has 0 spiro atoms. The van der Waals surface area contributed by atoms with Crippen molar-refractivity contribution in [3.8, 4) is 0 Å². The van der Waals surface area contributed by atoms with Gasteiger partial charge in [0.2, 0.25) is 0 Å². The fraction of sp³-hybridized carbons (Fsp3) is 0.125. The fourth-order valence-corrected chi connectivity index (χ4v) is 5.01. The summed E-state index contributed by atoms with van der Waals surface area (Å²) in [5.74, 6) is 0.000489. The van der Waals surface area contributed by atoms with Crippen molar-refractivity contribution in [1.29, 1.82) is 0 Å². The predicted octanol–water partition coefficient (Wildman–Crippen LogP) is 3.41. The zero-order chi connectivity index (χ0) is 13.9. The second-order valence-corrected chi connectivity index (χ2v) is 8.28. The molecule has 0 radical (unpaired) electrons. The van der Waals surface area contributed by atoms with E-state index < -0.39 is 0 Å². The van der Waals surface area contributed by atoms with Crippen molar-refractivity contribution in [1.82, 2.24) is 0 Å². The van der Waals surface area contributed by atoms with E-state index in [1.807, 2.05) is 18.2 Å². The molecule has 0 saturated heterocycles. The molecule has 1 atom stereocenters. The third-order valence-corrected chi connectivity index (χ3v) is 6.49. The van der Waals surface area contributed by atoms with E-state index in [1.54, 1.807) is 0 Å². The molecule has 0 aliphatic carbocycles. The number of aliphatic imine (C=N–C) groups is 1. The topological polar surface area (TPSA) is 29.4 Å². The van der Waals surface area contributed by atoms with Gasteiger partial charge in [-0.2, -0.15) is 0 Å². The van der Waals surface area contributed by atoms with Crippen LogP contribution < -0.4 is 0 Å². The summed E-state index contributed by atoms with van der Waals surface area (Å²) in [6, 6.07) is 18.5. The van der Waals surface area contributed by atoms with Gasteiger partial charge in [-0.05, 0) is 0 Å². The van der Waals surface area contributed by atoms with E-state index in [0.29, 0.717) is 11.2 Å². The molecule has 2 aromatic rings. The summed E-state index contributed by atoms with van der Waals surface area (Å²) in [7, 11) is 0. The van der Waals surface area contributed by atoms with Gasteiger partial charge in [-0.1, -0.05) is 0 Å². The first-order chi connectivity index (χ1) is 9.72. The molecule has 1 aliphatic rings. The first-order valence-corrected chi connectivity index (χ1v) is 9.24. The van der Waals surface area contributed by atoms with Gasteiger partial charge >= 0.3 is 138 Å². The van der Waals surface area contributed by atoms with Crippen LogP contribution in [0, 0.1) is 3.57 Å². The number of nitrogens with zero attached hydrogens (tertiary/aromatic N) is 1. The van der Waals surface area contributed by atoms with Crippen LogP contribution in [0.5, 0.6) is 0 Å². The molecule has 0 N–H and O–H groups in total. The Bertz CT molecular complexity index is 652. The van der Waals surface area contributed by atoms with Crippen LogP contribution in [-0.2, 0) is 4.79 Å². The second-order valence-electron chi connectivity index (χ2n) is 4.54. The number of carbonyl (C=O) groups is 1. The van der Waals surface area contributed by atoms with Crippen LogP contribution in [-0.4, -0.2) is 25.5 Å². The molecule has 0 aromatic heterocycles. The standard InChI is InChI=1S/C16H12INOSe/c17-13-8-6-12(7-9-13)16-18-15(19)10-14(20-16)11-4-2-1-3-5-11/h1-9,14H,10H2/t14-/m1/s1. The van der Waals surface area contributed by atoms with E-state index in [-0.39, 0.29) is 20.9 Å². The third kappa shape index (κ3) is 3.19. The Morgan fingerprint density at radius 2 is 1.75 bits per heavy atom. The molecule has 0 bridgehead atoms. The van der Waals surface area contributed by atoms with E-state index in [1.165, 1.54) is 9.13 Å². The summed E-state index contributed by atoms with van der Waals surface area (Å²) in [6.07, 6.45) is 0.540. The van der Waals surface area contributed by atoms with Crippen molar-refractivity contribution in [2.75, 3.05) is 0 Å². The molecule has 0 unspecified atom stereocenters. The summed E-state index contributed by atoms with van der Waals surface area (Å²) in [6.45, 7) is 0. The molecule has 2 nitrogen and oxygen atoms in total. The van der Waals surface area contributed by atoms with Gasteiger partial charge in [-0.3, -0.25) is 0 Å². The van der Waals surface area contributed by atoms with Crippen LogP contribution >= 0.6 is 22.6 Å². The molecule has 100 valence electrons. The van der Waals surface area contributed by atoms with Gasteiger partial charge < -0.3 is 0 Å². The summed E-state index contributed by atoms with van der Waals surface area (Å²) in [5, 5.41) is 0. The van der Waals surface area contributed by atoms with Gasteiger partial charge in [0, 0.05) is 0 Å². The number of rotatable bonds is 2. The van der Waals surface area contributed by atoms with Gasteiger partial charge in [0.15, 0.2) is 0 Å². The Morgan fingerprint density at radius 1 is 1.05 bits per heavy atom. The maximum atomic E-state index is 11.9. The Labute approximate surface area is 138 Å². The summed E-state index contributed by atoms with van der Waals surface area (Å²) >= 11 is 2.48. The molecule has 1 amide bonds. The van der Waals surface area contributed by atoms with Gasteiger partial charge in [0.25, 0.3) is 0 Å². The van der Waals surface area contributed by atoms with Crippen LogP contribution in [0.25, 0.3) is 0 Å². The summed E-state index contributed by atoms with van der Waals surface area (Å²) < 4.78 is 2.17. The van der Waals surface area contributed by atoms with E-state index in [4.69, 9.17) is 0 Å². The molecular formula is C16H12INOSe. The van der Waals surface area contributed by atoms with Gasteiger partial charge in [0.1, 0.15) is 0 Å². The molecule has 3 rings (SSSR count). The number of carbonyl (C=O) groups excluding carboxylic acids is 1. The van der Waals surface area contributed by atoms with Gasteiger partial charge in [0.05, 0.1) is 0 Å².